The molecule has 0 spiro atoms. The van der Waals surface area contributed by atoms with Crippen LogP contribution in [-0.4, -0.2) is 17.6 Å². The minimum absolute atomic E-state index is 0.278. The summed E-state index contributed by atoms with van der Waals surface area (Å²) >= 11 is 0. The quantitative estimate of drug-likeness (QED) is 0.546. The molecule has 108 valence electrons. The third kappa shape index (κ3) is 1.86. The van der Waals surface area contributed by atoms with E-state index in [9.17, 15) is 4.79 Å². The highest BCUT2D eigenvalue weighted by molar-refractivity contribution is 6.17. The van der Waals surface area contributed by atoms with Crippen molar-refractivity contribution in [2.75, 3.05) is 6.61 Å². The van der Waals surface area contributed by atoms with Crippen molar-refractivity contribution < 1.29 is 9.53 Å². The van der Waals surface area contributed by atoms with Gasteiger partial charge in [0.05, 0.1) is 17.7 Å². The maximum absolute atomic E-state index is 11.9. The summed E-state index contributed by atoms with van der Waals surface area (Å²) in [5, 5.41) is 4.56. The number of hydrogen-bond acceptors (Lipinski definition) is 2. The Labute approximate surface area is 127 Å². The summed E-state index contributed by atoms with van der Waals surface area (Å²) in [6, 6.07) is 18.2. The molecule has 0 radical (unpaired) electrons. The van der Waals surface area contributed by atoms with Crippen molar-refractivity contribution >= 4 is 38.5 Å². The van der Waals surface area contributed by atoms with Crippen LogP contribution in [0.15, 0.2) is 54.6 Å². The van der Waals surface area contributed by atoms with Gasteiger partial charge in [-0.15, -0.1) is 0 Å². The van der Waals surface area contributed by atoms with E-state index in [0.717, 1.165) is 21.8 Å². The third-order valence-corrected chi connectivity index (χ3v) is 4.01. The van der Waals surface area contributed by atoms with Crippen LogP contribution in [0.5, 0.6) is 0 Å². The second-order valence-corrected chi connectivity index (χ2v) is 5.32. The van der Waals surface area contributed by atoms with Crippen molar-refractivity contribution in [3.63, 3.8) is 0 Å². The Morgan fingerprint density at radius 3 is 2.73 bits per heavy atom. The van der Waals surface area contributed by atoms with E-state index in [0.29, 0.717) is 12.2 Å². The van der Waals surface area contributed by atoms with E-state index < -0.39 is 0 Å². The molecule has 4 rings (SSSR count). The molecule has 0 atom stereocenters. The van der Waals surface area contributed by atoms with Crippen molar-refractivity contribution in [2.24, 2.45) is 0 Å². The van der Waals surface area contributed by atoms with E-state index in [4.69, 9.17) is 4.74 Å². The molecular weight excluding hydrogens is 274 g/mol. The average Bonchev–Trinajstić information content (AvgIpc) is 2.93. The standard InChI is InChI=1S/C19H15NO2/c1-2-22-19(21)13-8-10-17-16(11-13)15-9-7-12-5-3-4-6-14(12)18(15)20-17/h3-11,20H,2H2,1H3. The van der Waals surface area contributed by atoms with E-state index in [-0.39, 0.29) is 5.97 Å². The van der Waals surface area contributed by atoms with Gasteiger partial charge in [-0.3, -0.25) is 0 Å². The van der Waals surface area contributed by atoms with Gasteiger partial charge in [-0.2, -0.15) is 0 Å². The Hall–Kier alpha value is -2.81. The molecule has 3 nitrogen and oxygen atoms in total. The minimum atomic E-state index is -0.278. The van der Waals surface area contributed by atoms with Gasteiger partial charge in [-0.1, -0.05) is 36.4 Å². The molecule has 0 fully saturated rings. The molecule has 0 saturated heterocycles. The molecule has 1 aromatic heterocycles. The highest BCUT2D eigenvalue weighted by atomic mass is 16.5. The zero-order valence-electron chi connectivity index (χ0n) is 12.2. The number of hydrogen-bond donors (Lipinski definition) is 1. The SMILES string of the molecule is CCOC(=O)c1ccc2[nH]c3c4ccccc4ccc3c2c1. The van der Waals surface area contributed by atoms with E-state index in [1.807, 2.05) is 31.2 Å². The molecule has 3 aromatic carbocycles. The smallest absolute Gasteiger partial charge is 0.338 e. The van der Waals surface area contributed by atoms with E-state index in [1.165, 1.54) is 10.8 Å². The lowest BCUT2D eigenvalue weighted by Crippen LogP contribution is -2.03. The normalized spacial score (nSPS) is 11.3. The van der Waals surface area contributed by atoms with Gasteiger partial charge in [0, 0.05) is 21.7 Å². The highest BCUT2D eigenvalue weighted by Crippen LogP contribution is 2.31. The number of aromatic amines is 1. The minimum Gasteiger partial charge on any atom is -0.462 e. The summed E-state index contributed by atoms with van der Waals surface area (Å²) in [4.78, 5) is 15.4. The third-order valence-electron chi connectivity index (χ3n) is 4.01. The van der Waals surface area contributed by atoms with Crippen LogP contribution < -0.4 is 0 Å². The Morgan fingerprint density at radius 2 is 1.86 bits per heavy atom. The number of carbonyl (C=O) groups is 1. The average molecular weight is 289 g/mol. The first-order chi connectivity index (χ1) is 10.8. The van der Waals surface area contributed by atoms with Crippen LogP contribution >= 0.6 is 0 Å². The van der Waals surface area contributed by atoms with Crippen LogP contribution in [0.25, 0.3) is 32.6 Å². The van der Waals surface area contributed by atoms with Gasteiger partial charge in [0.25, 0.3) is 0 Å². The summed E-state index contributed by atoms with van der Waals surface area (Å²) in [6.07, 6.45) is 0. The van der Waals surface area contributed by atoms with Crippen molar-refractivity contribution in [3.8, 4) is 0 Å². The molecule has 22 heavy (non-hydrogen) atoms. The molecule has 0 aliphatic heterocycles. The summed E-state index contributed by atoms with van der Waals surface area (Å²) in [5.74, 6) is -0.278. The summed E-state index contributed by atoms with van der Waals surface area (Å²) < 4.78 is 5.09. The monoisotopic (exact) mass is 289 g/mol. The number of ether oxygens (including phenoxy) is 1. The van der Waals surface area contributed by atoms with Crippen molar-refractivity contribution in [3.05, 3.63) is 60.2 Å². The summed E-state index contributed by atoms with van der Waals surface area (Å²) in [6.45, 7) is 2.20. The maximum Gasteiger partial charge on any atom is 0.338 e. The fourth-order valence-electron chi connectivity index (χ4n) is 2.98. The van der Waals surface area contributed by atoms with E-state index in [1.54, 1.807) is 6.07 Å². The van der Waals surface area contributed by atoms with Crippen LogP contribution in [0.2, 0.25) is 0 Å². The number of H-pyrrole nitrogens is 1. The second-order valence-electron chi connectivity index (χ2n) is 5.32. The first kappa shape index (κ1) is 12.9. The highest BCUT2D eigenvalue weighted by Gasteiger charge is 2.11. The first-order valence-electron chi connectivity index (χ1n) is 7.38. The van der Waals surface area contributed by atoms with Crippen LogP contribution in [0, 0.1) is 0 Å². The molecule has 1 N–H and O–H groups in total. The predicted octanol–water partition coefficient (Wildman–Crippen LogP) is 4.65. The van der Waals surface area contributed by atoms with E-state index >= 15 is 0 Å². The Balaban J connectivity index is 2.02. The fourth-order valence-corrected chi connectivity index (χ4v) is 2.98. The second kappa shape index (κ2) is 4.88. The van der Waals surface area contributed by atoms with Gasteiger partial charge < -0.3 is 9.72 Å². The molecule has 0 amide bonds. The van der Waals surface area contributed by atoms with Crippen LogP contribution in [0.1, 0.15) is 17.3 Å². The molecule has 1 heterocycles. The van der Waals surface area contributed by atoms with Gasteiger partial charge in [-0.05, 0) is 30.5 Å². The maximum atomic E-state index is 11.9. The molecule has 0 unspecified atom stereocenters. The van der Waals surface area contributed by atoms with Crippen LogP contribution in [0.4, 0.5) is 0 Å². The zero-order chi connectivity index (χ0) is 15.1. The topological polar surface area (TPSA) is 42.1 Å². The summed E-state index contributed by atoms with van der Waals surface area (Å²) in [5.41, 5.74) is 2.72. The number of fused-ring (bicyclic) bond motifs is 5. The lowest BCUT2D eigenvalue weighted by Gasteiger charge is -2.01. The van der Waals surface area contributed by atoms with Crippen LogP contribution in [0.3, 0.4) is 0 Å². The van der Waals surface area contributed by atoms with Crippen molar-refractivity contribution in [2.45, 2.75) is 6.92 Å². The molecular formula is C19H15NO2. The number of rotatable bonds is 2. The summed E-state index contributed by atoms with van der Waals surface area (Å²) in [7, 11) is 0. The lowest BCUT2D eigenvalue weighted by atomic mass is 10.0. The van der Waals surface area contributed by atoms with E-state index in [2.05, 4.69) is 29.2 Å². The van der Waals surface area contributed by atoms with Gasteiger partial charge in [0.2, 0.25) is 0 Å². The fraction of sp³-hybridized carbons (Fsp3) is 0.105. The van der Waals surface area contributed by atoms with Crippen molar-refractivity contribution in [1.29, 1.82) is 0 Å². The lowest BCUT2D eigenvalue weighted by molar-refractivity contribution is 0.0526. The predicted molar refractivity (Wildman–Crippen MR) is 89.3 cm³/mol. The van der Waals surface area contributed by atoms with Gasteiger partial charge >= 0.3 is 5.97 Å². The Bertz CT molecular complexity index is 1010. The Morgan fingerprint density at radius 1 is 1.00 bits per heavy atom. The molecule has 4 aromatic rings. The largest absolute Gasteiger partial charge is 0.462 e. The number of esters is 1. The van der Waals surface area contributed by atoms with Gasteiger partial charge in [0.1, 0.15) is 0 Å². The van der Waals surface area contributed by atoms with Gasteiger partial charge in [0.15, 0.2) is 0 Å². The number of carbonyl (C=O) groups excluding carboxylic acids is 1. The number of aromatic nitrogens is 1. The molecule has 0 aliphatic rings. The number of benzene rings is 3. The molecule has 3 heteroatoms. The Kier molecular flexibility index (Phi) is 2.86. The van der Waals surface area contributed by atoms with Crippen molar-refractivity contribution in [1.82, 2.24) is 4.98 Å². The molecule has 0 aliphatic carbocycles. The number of nitrogens with one attached hydrogen (secondary N) is 1. The van der Waals surface area contributed by atoms with Crippen LogP contribution in [-0.2, 0) is 4.74 Å². The first-order valence-corrected chi connectivity index (χ1v) is 7.38. The zero-order valence-corrected chi connectivity index (χ0v) is 12.2. The molecule has 0 saturated carbocycles. The molecule has 0 bridgehead atoms. The van der Waals surface area contributed by atoms with Gasteiger partial charge in [-0.25, -0.2) is 4.79 Å².